The van der Waals surface area contributed by atoms with Crippen molar-refractivity contribution in [3.63, 3.8) is 0 Å². The molecular weight excluding hydrogens is 286 g/mol. The van der Waals surface area contributed by atoms with E-state index in [2.05, 4.69) is 10.3 Å². The lowest BCUT2D eigenvalue weighted by molar-refractivity contribution is -0.158. The van der Waals surface area contributed by atoms with E-state index in [4.69, 9.17) is 0 Å². The van der Waals surface area contributed by atoms with Crippen molar-refractivity contribution in [2.75, 3.05) is 0 Å². The summed E-state index contributed by atoms with van der Waals surface area (Å²) in [4.78, 5) is 32.4. The first kappa shape index (κ1) is 14.5. The maximum Gasteiger partial charge on any atom is 0.249 e. The van der Waals surface area contributed by atoms with E-state index in [0.29, 0.717) is 6.54 Å². The number of nitrogens with zero attached hydrogens (tertiary/aromatic N) is 2. The fourth-order valence-corrected chi connectivity index (χ4v) is 3.80. The first-order valence-corrected chi connectivity index (χ1v) is 8.32. The van der Waals surface area contributed by atoms with E-state index in [1.165, 1.54) is 11.3 Å². The molecule has 2 unspecified atom stereocenters. The number of carbonyl (C=O) groups is 2. The summed E-state index contributed by atoms with van der Waals surface area (Å²) in [6.07, 6.45) is 3.81. The molecule has 1 N–H and O–H groups in total. The highest BCUT2D eigenvalue weighted by Gasteiger charge is 2.55. The van der Waals surface area contributed by atoms with Gasteiger partial charge in [0.15, 0.2) is 0 Å². The average molecular weight is 307 g/mol. The Hall–Kier alpha value is -1.43. The van der Waals surface area contributed by atoms with E-state index < -0.39 is 11.6 Å². The largest absolute Gasteiger partial charge is 0.340 e. The second-order valence-corrected chi connectivity index (χ2v) is 7.53. The fraction of sp³-hybridized carbons (Fsp3) is 0.667. The van der Waals surface area contributed by atoms with Crippen LogP contribution in [-0.2, 0) is 16.1 Å². The molecule has 2 aliphatic rings. The van der Waals surface area contributed by atoms with Gasteiger partial charge in [-0.1, -0.05) is 13.8 Å². The molecule has 0 radical (unpaired) electrons. The highest BCUT2D eigenvalue weighted by molar-refractivity contribution is 7.09. The zero-order valence-electron chi connectivity index (χ0n) is 12.6. The number of rotatable bonds is 4. The minimum Gasteiger partial charge on any atom is -0.340 e. The van der Waals surface area contributed by atoms with Crippen LogP contribution in [0.4, 0.5) is 0 Å². The fourth-order valence-electron chi connectivity index (χ4n) is 3.21. The molecule has 0 bridgehead atoms. The summed E-state index contributed by atoms with van der Waals surface area (Å²) in [5, 5.41) is 3.00. The van der Waals surface area contributed by atoms with Crippen LogP contribution >= 0.6 is 11.3 Å². The van der Waals surface area contributed by atoms with Gasteiger partial charge in [-0.2, -0.15) is 0 Å². The van der Waals surface area contributed by atoms with Crippen molar-refractivity contribution in [2.24, 2.45) is 11.8 Å². The maximum atomic E-state index is 13.0. The van der Waals surface area contributed by atoms with Crippen LogP contribution in [0.5, 0.6) is 0 Å². The van der Waals surface area contributed by atoms with E-state index in [9.17, 15) is 9.59 Å². The molecule has 1 saturated heterocycles. The molecule has 5 nitrogen and oxygen atoms in total. The minimum absolute atomic E-state index is 0.0245. The number of piperazine rings is 1. The lowest BCUT2D eigenvalue weighted by Crippen LogP contribution is -2.70. The van der Waals surface area contributed by atoms with Crippen LogP contribution < -0.4 is 5.32 Å². The Morgan fingerprint density at radius 2 is 2.19 bits per heavy atom. The molecule has 3 rings (SSSR count). The van der Waals surface area contributed by atoms with E-state index in [-0.39, 0.29) is 23.7 Å². The third kappa shape index (κ3) is 2.46. The molecule has 21 heavy (non-hydrogen) atoms. The van der Waals surface area contributed by atoms with Crippen LogP contribution in [0.3, 0.4) is 0 Å². The Morgan fingerprint density at radius 1 is 1.48 bits per heavy atom. The van der Waals surface area contributed by atoms with Gasteiger partial charge in [-0.05, 0) is 31.6 Å². The third-order valence-electron chi connectivity index (χ3n) is 4.53. The molecule has 0 spiro atoms. The van der Waals surface area contributed by atoms with Crippen LogP contribution in [0, 0.1) is 11.8 Å². The predicted octanol–water partition coefficient (Wildman–Crippen LogP) is 1.79. The van der Waals surface area contributed by atoms with Gasteiger partial charge in [0.1, 0.15) is 11.6 Å². The standard InChI is InChI=1S/C15H21N3O2S/c1-9(2)12-13(19)17-15(3,10-4-5-10)14(20)18(12)7-11-6-16-8-21-11/h6,8-10,12H,4-5,7H2,1-3H3,(H,17,19). The average Bonchev–Trinajstić information content (AvgIpc) is 3.15. The summed E-state index contributed by atoms with van der Waals surface area (Å²) in [7, 11) is 0. The lowest BCUT2D eigenvalue weighted by Gasteiger charge is -2.46. The van der Waals surface area contributed by atoms with Crippen molar-refractivity contribution in [1.29, 1.82) is 0 Å². The molecular formula is C15H21N3O2S. The number of carbonyl (C=O) groups excluding carboxylic acids is 2. The molecule has 114 valence electrons. The van der Waals surface area contributed by atoms with Gasteiger partial charge in [0.05, 0.1) is 12.1 Å². The highest BCUT2D eigenvalue weighted by atomic mass is 32.1. The topological polar surface area (TPSA) is 62.3 Å². The number of thiazole rings is 1. The van der Waals surface area contributed by atoms with Crippen LogP contribution in [-0.4, -0.2) is 33.3 Å². The van der Waals surface area contributed by atoms with Crippen LogP contribution in [0.15, 0.2) is 11.7 Å². The first-order valence-electron chi connectivity index (χ1n) is 7.44. The SMILES string of the molecule is CC(C)C1C(=O)NC(C)(C2CC2)C(=O)N1Cc1cncs1. The number of hydrogen-bond acceptors (Lipinski definition) is 4. The van der Waals surface area contributed by atoms with Gasteiger partial charge in [-0.3, -0.25) is 14.6 Å². The van der Waals surface area contributed by atoms with Gasteiger partial charge in [0.2, 0.25) is 11.8 Å². The van der Waals surface area contributed by atoms with Gasteiger partial charge in [-0.25, -0.2) is 0 Å². The monoisotopic (exact) mass is 307 g/mol. The Kier molecular flexibility index (Phi) is 3.51. The molecule has 1 aromatic heterocycles. The van der Waals surface area contributed by atoms with E-state index >= 15 is 0 Å². The summed E-state index contributed by atoms with van der Waals surface area (Å²) in [5.41, 5.74) is 1.03. The van der Waals surface area contributed by atoms with Crippen molar-refractivity contribution >= 4 is 23.2 Å². The molecule has 0 aromatic carbocycles. The van der Waals surface area contributed by atoms with Gasteiger partial charge in [0, 0.05) is 11.1 Å². The van der Waals surface area contributed by atoms with Crippen molar-refractivity contribution in [3.8, 4) is 0 Å². The Bertz CT molecular complexity index is 553. The second kappa shape index (κ2) is 5.09. The number of hydrogen-bond donors (Lipinski definition) is 1. The number of aromatic nitrogens is 1. The summed E-state index contributed by atoms with van der Waals surface area (Å²) < 4.78 is 0. The number of amides is 2. The molecule has 2 fully saturated rings. The quantitative estimate of drug-likeness (QED) is 0.922. The van der Waals surface area contributed by atoms with Crippen molar-refractivity contribution in [2.45, 2.75) is 51.7 Å². The van der Waals surface area contributed by atoms with Crippen LogP contribution in [0.25, 0.3) is 0 Å². The summed E-state index contributed by atoms with van der Waals surface area (Å²) >= 11 is 1.52. The molecule has 1 saturated carbocycles. The van der Waals surface area contributed by atoms with Crippen LogP contribution in [0.1, 0.15) is 38.5 Å². The Labute approximate surface area is 128 Å². The zero-order valence-corrected chi connectivity index (χ0v) is 13.4. The zero-order chi connectivity index (χ0) is 15.2. The lowest BCUT2D eigenvalue weighted by atomic mass is 9.86. The first-order chi connectivity index (χ1) is 9.93. The molecule has 2 atom stereocenters. The van der Waals surface area contributed by atoms with Crippen molar-refractivity contribution in [1.82, 2.24) is 15.2 Å². The summed E-state index contributed by atoms with van der Waals surface area (Å²) in [5.74, 6) is 0.400. The molecule has 2 amide bonds. The molecule has 1 aromatic rings. The van der Waals surface area contributed by atoms with Crippen molar-refractivity contribution < 1.29 is 9.59 Å². The van der Waals surface area contributed by atoms with E-state index in [1.54, 1.807) is 16.6 Å². The smallest absolute Gasteiger partial charge is 0.249 e. The molecule has 6 heteroatoms. The maximum absolute atomic E-state index is 13.0. The van der Waals surface area contributed by atoms with Crippen LogP contribution in [0.2, 0.25) is 0 Å². The normalized spacial score (nSPS) is 29.9. The van der Waals surface area contributed by atoms with Crippen molar-refractivity contribution in [3.05, 3.63) is 16.6 Å². The second-order valence-electron chi connectivity index (χ2n) is 6.56. The minimum atomic E-state index is -0.729. The third-order valence-corrected chi connectivity index (χ3v) is 5.29. The Balaban J connectivity index is 1.92. The van der Waals surface area contributed by atoms with Gasteiger partial charge in [-0.15, -0.1) is 11.3 Å². The summed E-state index contributed by atoms with van der Waals surface area (Å²) in [6, 6.07) is -0.397. The van der Waals surface area contributed by atoms with E-state index in [1.807, 2.05) is 20.8 Å². The molecule has 2 heterocycles. The Morgan fingerprint density at radius 3 is 2.71 bits per heavy atom. The van der Waals surface area contributed by atoms with Gasteiger partial charge >= 0.3 is 0 Å². The van der Waals surface area contributed by atoms with Gasteiger partial charge < -0.3 is 10.2 Å². The van der Waals surface area contributed by atoms with E-state index in [0.717, 1.165) is 17.7 Å². The molecule has 1 aliphatic carbocycles. The number of nitrogens with one attached hydrogen (secondary N) is 1. The summed E-state index contributed by atoms with van der Waals surface area (Å²) in [6.45, 7) is 6.32. The van der Waals surface area contributed by atoms with Gasteiger partial charge in [0.25, 0.3) is 0 Å². The molecule has 1 aliphatic heterocycles. The highest BCUT2D eigenvalue weighted by Crippen LogP contribution is 2.43. The predicted molar refractivity (Wildman–Crippen MR) is 80.6 cm³/mol.